The van der Waals surface area contributed by atoms with Gasteiger partial charge in [0.15, 0.2) is 0 Å². The minimum atomic E-state index is -0.265. The molecule has 0 spiro atoms. The van der Waals surface area contributed by atoms with E-state index in [0.29, 0.717) is 31.6 Å². The lowest BCUT2D eigenvalue weighted by Gasteiger charge is -2.26. The predicted molar refractivity (Wildman–Crippen MR) is 108 cm³/mol. The Kier molecular flexibility index (Phi) is 6.55. The van der Waals surface area contributed by atoms with Crippen LogP contribution in [0.5, 0.6) is 5.75 Å². The molecule has 0 radical (unpaired) electrons. The van der Waals surface area contributed by atoms with Crippen LogP contribution < -0.4 is 4.74 Å². The smallest absolute Gasteiger partial charge is 0.253 e. The van der Waals surface area contributed by atoms with Crippen molar-refractivity contribution in [1.82, 2.24) is 9.80 Å². The maximum atomic E-state index is 12.8. The minimum Gasteiger partial charge on any atom is -0.488 e. The molecule has 0 aliphatic carbocycles. The lowest BCUT2D eigenvalue weighted by atomic mass is 9.91. The molecule has 1 aliphatic heterocycles. The molecule has 0 N–H and O–H groups in total. The molecule has 0 aromatic heterocycles. The second-order valence-electron chi connectivity index (χ2n) is 9.50. The molecule has 1 fully saturated rings. The van der Waals surface area contributed by atoms with Gasteiger partial charge < -0.3 is 14.5 Å². The van der Waals surface area contributed by atoms with Gasteiger partial charge in [0.05, 0.1) is 0 Å². The molecular formula is C22H34N2O3. The zero-order valence-electron chi connectivity index (χ0n) is 17.7. The monoisotopic (exact) mass is 374 g/mol. The summed E-state index contributed by atoms with van der Waals surface area (Å²) in [4.78, 5) is 29.1. The molecule has 2 rings (SSSR count). The van der Waals surface area contributed by atoms with E-state index in [9.17, 15) is 9.59 Å². The van der Waals surface area contributed by atoms with Crippen LogP contribution in [-0.2, 0) is 4.79 Å². The first-order valence-corrected chi connectivity index (χ1v) is 9.81. The second-order valence-corrected chi connectivity index (χ2v) is 9.50. The molecular weight excluding hydrogens is 340 g/mol. The third-order valence-electron chi connectivity index (χ3n) is 4.34. The largest absolute Gasteiger partial charge is 0.488 e. The van der Waals surface area contributed by atoms with Gasteiger partial charge in [-0.2, -0.15) is 0 Å². The maximum absolute atomic E-state index is 12.8. The van der Waals surface area contributed by atoms with Crippen LogP contribution >= 0.6 is 0 Å². The van der Waals surface area contributed by atoms with Gasteiger partial charge in [-0.1, -0.05) is 20.8 Å². The molecule has 5 nitrogen and oxygen atoms in total. The van der Waals surface area contributed by atoms with E-state index >= 15 is 0 Å². The van der Waals surface area contributed by atoms with E-state index < -0.39 is 0 Å². The standard InChI is InChI=1S/C22H34N2O3/c1-21(2,3)16-19(25)23-12-7-13-24(15-14-23)20(26)17-8-10-18(11-9-17)27-22(4,5)6/h8-11H,7,12-16H2,1-6H3. The number of hydrogen-bond acceptors (Lipinski definition) is 3. The van der Waals surface area contributed by atoms with Crippen LogP contribution in [-0.4, -0.2) is 53.4 Å². The molecule has 0 unspecified atom stereocenters. The highest BCUT2D eigenvalue weighted by Gasteiger charge is 2.25. The summed E-state index contributed by atoms with van der Waals surface area (Å²) in [7, 11) is 0. The first-order chi connectivity index (χ1) is 12.4. The average Bonchev–Trinajstić information content (AvgIpc) is 2.78. The second kappa shape index (κ2) is 8.32. The fraction of sp³-hybridized carbons (Fsp3) is 0.636. The SMILES string of the molecule is CC(C)(C)CC(=O)N1CCCN(C(=O)c2ccc(OC(C)(C)C)cc2)CC1. The van der Waals surface area contributed by atoms with Crippen molar-refractivity contribution < 1.29 is 14.3 Å². The number of rotatable bonds is 3. The predicted octanol–water partition coefficient (Wildman–Crippen LogP) is 3.97. The summed E-state index contributed by atoms with van der Waals surface area (Å²) in [6, 6.07) is 7.32. The zero-order chi connectivity index (χ0) is 20.2. The Bertz CT molecular complexity index is 654. The molecule has 0 atom stereocenters. The Morgan fingerprint density at radius 3 is 2.00 bits per heavy atom. The summed E-state index contributed by atoms with van der Waals surface area (Å²) in [6.07, 6.45) is 1.35. The molecule has 1 aromatic rings. The summed E-state index contributed by atoms with van der Waals surface area (Å²) >= 11 is 0. The quantitative estimate of drug-likeness (QED) is 0.804. The number of benzene rings is 1. The summed E-state index contributed by atoms with van der Waals surface area (Å²) in [5.74, 6) is 0.955. The number of ether oxygens (including phenoxy) is 1. The summed E-state index contributed by atoms with van der Waals surface area (Å²) in [6.45, 7) is 14.8. The van der Waals surface area contributed by atoms with Crippen molar-refractivity contribution in [3.8, 4) is 5.75 Å². The fourth-order valence-electron chi connectivity index (χ4n) is 3.14. The van der Waals surface area contributed by atoms with Crippen LogP contribution in [0.2, 0.25) is 0 Å². The van der Waals surface area contributed by atoms with Crippen molar-refractivity contribution in [2.24, 2.45) is 5.41 Å². The number of hydrogen-bond donors (Lipinski definition) is 0. The Morgan fingerprint density at radius 2 is 1.44 bits per heavy atom. The van der Waals surface area contributed by atoms with Gasteiger partial charge in [-0.25, -0.2) is 0 Å². The molecule has 1 saturated heterocycles. The molecule has 1 heterocycles. The Hall–Kier alpha value is -2.04. The van der Waals surface area contributed by atoms with Crippen molar-refractivity contribution in [3.63, 3.8) is 0 Å². The summed E-state index contributed by atoms with van der Waals surface area (Å²) < 4.78 is 5.81. The van der Waals surface area contributed by atoms with Gasteiger partial charge in [-0.3, -0.25) is 9.59 Å². The van der Waals surface area contributed by atoms with Gasteiger partial charge in [0.25, 0.3) is 5.91 Å². The van der Waals surface area contributed by atoms with E-state index in [2.05, 4.69) is 20.8 Å². The maximum Gasteiger partial charge on any atom is 0.253 e. The van der Waals surface area contributed by atoms with Crippen LogP contribution in [0.25, 0.3) is 0 Å². The molecule has 0 bridgehead atoms. The lowest BCUT2D eigenvalue weighted by molar-refractivity contribution is -0.132. The van der Waals surface area contributed by atoms with Gasteiger partial charge in [-0.15, -0.1) is 0 Å². The zero-order valence-corrected chi connectivity index (χ0v) is 17.7. The molecule has 27 heavy (non-hydrogen) atoms. The Balaban J connectivity index is 1.96. The van der Waals surface area contributed by atoms with Crippen molar-refractivity contribution in [1.29, 1.82) is 0 Å². The van der Waals surface area contributed by atoms with Crippen LogP contribution in [0.3, 0.4) is 0 Å². The first kappa shape index (κ1) is 21.3. The van der Waals surface area contributed by atoms with Crippen molar-refractivity contribution in [3.05, 3.63) is 29.8 Å². The fourth-order valence-corrected chi connectivity index (χ4v) is 3.14. The molecule has 0 saturated carbocycles. The first-order valence-electron chi connectivity index (χ1n) is 9.81. The van der Waals surface area contributed by atoms with E-state index in [-0.39, 0.29) is 22.8 Å². The van der Waals surface area contributed by atoms with Crippen LogP contribution in [0, 0.1) is 5.41 Å². The third-order valence-corrected chi connectivity index (χ3v) is 4.34. The van der Waals surface area contributed by atoms with E-state index in [0.717, 1.165) is 18.7 Å². The molecule has 150 valence electrons. The highest BCUT2D eigenvalue weighted by Crippen LogP contribution is 2.22. The highest BCUT2D eigenvalue weighted by molar-refractivity contribution is 5.94. The van der Waals surface area contributed by atoms with E-state index in [4.69, 9.17) is 4.74 Å². The summed E-state index contributed by atoms with van der Waals surface area (Å²) in [5, 5.41) is 0. The molecule has 1 aromatic carbocycles. The topological polar surface area (TPSA) is 49.9 Å². The third kappa shape index (κ3) is 6.89. The van der Waals surface area contributed by atoms with Crippen molar-refractivity contribution >= 4 is 11.8 Å². The summed E-state index contributed by atoms with van der Waals surface area (Å²) in [5.41, 5.74) is 0.375. The van der Waals surface area contributed by atoms with E-state index in [1.165, 1.54) is 0 Å². The average molecular weight is 375 g/mol. The van der Waals surface area contributed by atoms with Gasteiger partial charge in [0.1, 0.15) is 11.4 Å². The lowest BCUT2D eigenvalue weighted by Crippen LogP contribution is -2.38. The molecule has 2 amide bonds. The molecule has 5 heteroatoms. The number of nitrogens with zero attached hydrogens (tertiary/aromatic N) is 2. The van der Waals surface area contributed by atoms with Crippen LogP contribution in [0.15, 0.2) is 24.3 Å². The van der Waals surface area contributed by atoms with Crippen molar-refractivity contribution in [2.45, 2.75) is 60.0 Å². The number of carbonyl (C=O) groups excluding carboxylic acids is 2. The number of amides is 2. The van der Waals surface area contributed by atoms with Gasteiger partial charge in [0.2, 0.25) is 5.91 Å². The minimum absolute atomic E-state index is 0.0161. The normalized spacial score (nSPS) is 16.1. The van der Waals surface area contributed by atoms with Crippen LogP contribution in [0.1, 0.15) is 64.7 Å². The van der Waals surface area contributed by atoms with Crippen molar-refractivity contribution in [2.75, 3.05) is 26.2 Å². The highest BCUT2D eigenvalue weighted by atomic mass is 16.5. The number of carbonyl (C=O) groups is 2. The van der Waals surface area contributed by atoms with Gasteiger partial charge in [-0.05, 0) is 56.9 Å². The Morgan fingerprint density at radius 1 is 0.889 bits per heavy atom. The Labute approximate surface area is 163 Å². The van der Waals surface area contributed by atoms with Crippen LogP contribution in [0.4, 0.5) is 0 Å². The van der Waals surface area contributed by atoms with E-state index in [1.807, 2.05) is 54.8 Å². The molecule has 1 aliphatic rings. The van der Waals surface area contributed by atoms with Gasteiger partial charge >= 0.3 is 0 Å². The van der Waals surface area contributed by atoms with Gasteiger partial charge in [0, 0.05) is 38.2 Å². The van der Waals surface area contributed by atoms with E-state index in [1.54, 1.807) is 0 Å².